The van der Waals surface area contributed by atoms with Gasteiger partial charge in [0.2, 0.25) is 0 Å². The van der Waals surface area contributed by atoms with Crippen molar-refractivity contribution in [2.45, 2.75) is 12.6 Å². The average Bonchev–Trinajstić information content (AvgIpc) is 2.51. The maximum atomic E-state index is 13.7. The molecule has 0 aliphatic carbocycles. The van der Waals surface area contributed by atoms with Crippen molar-refractivity contribution in [1.29, 1.82) is 0 Å². The lowest BCUT2D eigenvalue weighted by atomic mass is 10.1. The molecule has 2 aromatic carbocycles. The van der Waals surface area contributed by atoms with Gasteiger partial charge in [-0.3, -0.25) is 4.90 Å². The third-order valence-corrected chi connectivity index (χ3v) is 4.51. The number of halogens is 4. The molecular formula is C17H18Cl3FN2O. The predicted molar refractivity (Wildman–Crippen MR) is 98.5 cm³/mol. The van der Waals surface area contributed by atoms with Gasteiger partial charge in [-0.15, -0.1) is 12.4 Å². The second-order valence-electron chi connectivity index (χ2n) is 5.63. The highest BCUT2D eigenvalue weighted by Crippen LogP contribution is 2.32. The van der Waals surface area contributed by atoms with Gasteiger partial charge >= 0.3 is 0 Å². The third kappa shape index (κ3) is 4.52. The number of rotatable bonds is 3. The number of hydrogen-bond donors (Lipinski definition) is 1. The molecule has 1 aliphatic heterocycles. The van der Waals surface area contributed by atoms with E-state index in [0.29, 0.717) is 23.7 Å². The molecule has 0 bridgehead atoms. The minimum Gasteiger partial charge on any atom is -0.399 e. The molecule has 130 valence electrons. The quantitative estimate of drug-likeness (QED) is 0.608. The summed E-state index contributed by atoms with van der Waals surface area (Å²) >= 11 is 12.0. The Labute approximate surface area is 156 Å². The van der Waals surface area contributed by atoms with Gasteiger partial charge in [-0.25, -0.2) is 4.39 Å². The summed E-state index contributed by atoms with van der Waals surface area (Å²) in [6.45, 7) is 2.76. The van der Waals surface area contributed by atoms with Crippen LogP contribution < -0.4 is 5.73 Å². The number of morpholine rings is 1. The second-order valence-corrected chi connectivity index (χ2v) is 6.44. The van der Waals surface area contributed by atoms with E-state index in [1.54, 1.807) is 0 Å². The summed E-state index contributed by atoms with van der Waals surface area (Å²) < 4.78 is 19.5. The summed E-state index contributed by atoms with van der Waals surface area (Å²) in [6.07, 6.45) is -0.274. The van der Waals surface area contributed by atoms with Crippen LogP contribution in [-0.2, 0) is 11.3 Å². The Balaban J connectivity index is 0.00000208. The lowest BCUT2D eigenvalue weighted by Crippen LogP contribution is -2.38. The van der Waals surface area contributed by atoms with E-state index in [2.05, 4.69) is 4.90 Å². The standard InChI is InChI=1S/C17H17Cl2FN2O.ClH/c18-14-8-15(19)16(20)7-13(14)17-10-22(4-5-23-17)9-11-2-1-3-12(21)6-11;/h1-3,6-8,17H,4-5,9-10,21H2;1H. The molecule has 0 amide bonds. The molecule has 1 aliphatic rings. The van der Waals surface area contributed by atoms with E-state index in [0.717, 1.165) is 24.3 Å². The lowest BCUT2D eigenvalue weighted by Gasteiger charge is -2.33. The van der Waals surface area contributed by atoms with Gasteiger partial charge in [0.25, 0.3) is 0 Å². The topological polar surface area (TPSA) is 38.5 Å². The zero-order chi connectivity index (χ0) is 16.4. The van der Waals surface area contributed by atoms with E-state index in [9.17, 15) is 4.39 Å². The molecular weight excluding hydrogens is 374 g/mol. The van der Waals surface area contributed by atoms with Gasteiger partial charge < -0.3 is 10.5 Å². The van der Waals surface area contributed by atoms with Crippen LogP contribution in [0, 0.1) is 5.82 Å². The number of nitrogens with two attached hydrogens (primary N) is 1. The fourth-order valence-corrected chi connectivity index (χ4v) is 3.27. The summed E-state index contributed by atoms with van der Waals surface area (Å²) in [5.41, 5.74) is 8.33. The highest BCUT2D eigenvalue weighted by atomic mass is 35.5. The largest absolute Gasteiger partial charge is 0.399 e. The minimum atomic E-state index is -0.484. The third-order valence-electron chi connectivity index (χ3n) is 3.89. The van der Waals surface area contributed by atoms with Crippen LogP contribution in [0.1, 0.15) is 17.2 Å². The molecule has 1 atom stereocenters. The van der Waals surface area contributed by atoms with Crippen LogP contribution >= 0.6 is 35.6 Å². The zero-order valence-corrected chi connectivity index (χ0v) is 15.2. The van der Waals surface area contributed by atoms with Crippen molar-refractivity contribution in [3.05, 3.63) is 63.4 Å². The SMILES string of the molecule is Cl.Nc1cccc(CN2CCOC(c3cc(F)c(Cl)cc3Cl)C2)c1. The molecule has 1 fully saturated rings. The summed E-state index contributed by atoms with van der Waals surface area (Å²) in [4.78, 5) is 2.24. The van der Waals surface area contributed by atoms with Crippen LogP contribution in [0.25, 0.3) is 0 Å². The van der Waals surface area contributed by atoms with Gasteiger partial charge in [0.05, 0.1) is 17.7 Å². The highest BCUT2D eigenvalue weighted by molar-refractivity contribution is 6.35. The van der Waals surface area contributed by atoms with Gasteiger partial charge in [-0.2, -0.15) is 0 Å². The molecule has 0 spiro atoms. The Morgan fingerprint density at radius 3 is 2.75 bits per heavy atom. The molecule has 24 heavy (non-hydrogen) atoms. The van der Waals surface area contributed by atoms with Crippen molar-refractivity contribution >= 4 is 41.3 Å². The molecule has 2 aromatic rings. The van der Waals surface area contributed by atoms with Crippen molar-refractivity contribution < 1.29 is 9.13 Å². The number of ether oxygens (including phenoxy) is 1. The highest BCUT2D eigenvalue weighted by Gasteiger charge is 2.25. The normalized spacial score (nSPS) is 18.2. The molecule has 1 heterocycles. The first-order valence-electron chi connectivity index (χ1n) is 7.36. The Morgan fingerprint density at radius 2 is 2.00 bits per heavy atom. The van der Waals surface area contributed by atoms with E-state index >= 15 is 0 Å². The maximum absolute atomic E-state index is 13.7. The van der Waals surface area contributed by atoms with Gasteiger partial charge in [-0.1, -0.05) is 35.3 Å². The number of hydrogen-bond acceptors (Lipinski definition) is 3. The molecule has 0 saturated carbocycles. The fourth-order valence-electron chi connectivity index (χ4n) is 2.77. The molecule has 0 aromatic heterocycles. The number of anilines is 1. The first kappa shape index (κ1) is 19.3. The van der Waals surface area contributed by atoms with Crippen LogP contribution in [0.2, 0.25) is 10.0 Å². The van der Waals surface area contributed by atoms with Gasteiger partial charge in [0, 0.05) is 35.9 Å². The van der Waals surface area contributed by atoms with Crippen molar-refractivity contribution in [3.63, 3.8) is 0 Å². The van der Waals surface area contributed by atoms with Crippen molar-refractivity contribution in [2.75, 3.05) is 25.4 Å². The van der Waals surface area contributed by atoms with E-state index in [1.807, 2.05) is 24.3 Å². The summed E-state index contributed by atoms with van der Waals surface area (Å²) in [7, 11) is 0. The predicted octanol–water partition coefficient (Wildman–Crippen LogP) is 4.71. The molecule has 0 radical (unpaired) electrons. The van der Waals surface area contributed by atoms with Crippen LogP contribution in [0.3, 0.4) is 0 Å². The Kier molecular flexibility index (Phi) is 6.72. The zero-order valence-electron chi connectivity index (χ0n) is 12.8. The van der Waals surface area contributed by atoms with Crippen molar-refractivity contribution in [2.24, 2.45) is 0 Å². The van der Waals surface area contributed by atoms with Crippen molar-refractivity contribution in [3.8, 4) is 0 Å². The summed E-state index contributed by atoms with van der Waals surface area (Å²) in [6, 6.07) is 10.6. The summed E-state index contributed by atoms with van der Waals surface area (Å²) in [5.74, 6) is -0.484. The van der Waals surface area contributed by atoms with Gasteiger partial charge in [-0.05, 0) is 29.8 Å². The monoisotopic (exact) mass is 390 g/mol. The first-order valence-corrected chi connectivity index (χ1v) is 8.11. The minimum absolute atomic E-state index is 0. The lowest BCUT2D eigenvalue weighted by molar-refractivity contribution is -0.0329. The molecule has 2 N–H and O–H groups in total. The average molecular weight is 392 g/mol. The number of benzene rings is 2. The van der Waals surface area contributed by atoms with Crippen LogP contribution in [0.15, 0.2) is 36.4 Å². The molecule has 7 heteroatoms. The van der Waals surface area contributed by atoms with Crippen LogP contribution in [0.4, 0.5) is 10.1 Å². The van der Waals surface area contributed by atoms with Crippen molar-refractivity contribution in [1.82, 2.24) is 4.90 Å². The molecule has 1 saturated heterocycles. The molecule has 3 rings (SSSR count). The smallest absolute Gasteiger partial charge is 0.142 e. The molecule has 1 unspecified atom stereocenters. The molecule has 3 nitrogen and oxygen atoms in total. The second kappa shape index (κ2) is 8.37. The van der Waals surface area contributed by atoms with E-state index in [1.165, 1.54) is 12.1 Å². The van der Waals surface area contributed by atoms with Crippen LogP contribution in [-0.4, -0.2) is 24.6 Å². The van der Waals surface area contributed by atoms with Crippen LogP contribution in [0.5, 0.6) is 0 Å². The van der Waals surface area contributed by atoms with E-state index < -0.39 is 5.82 Å². The number of nitrogen functional groups attached to an aromatic ring is 1. The fraction of sp³-hybridized carbons (Fsp3) is 0.294. The summed E-state index contributed by atoms with van der Waals surface area (Å²) in [5, 5.41) is 0.443. The first-order chi connectivity index (χ1) is 11.0. The van der Waals surface area contributed by atoms with Gasteiger partial charge in [0.15, 0.2) is 0 Å². The van der Waals surface area contributed by atoms with Gasteiger partial charge in [0.1, 0.15) is 5.82 Å². The van der Waals surface area contributed by atoms with E-state index in [4.69, 9.17) is 33.7 Å². The Bertz CT molecular complexity index is 714. The number of nitrogens with zero attached hydrogens (tertiary/aromatic N) is 1. The Hall–Kier alpha value is -1.04. The Morgan fingerprint density at radius 1 is 1.21 bits per heavy atom. The maximum Gasteiger partial charge on any atom is 0.142 e. The van der Waals surface area contributed by atoms with E-state index in [-0.39, 0.29) is 23.5 Å².